The largest absolute Gasteiger partial charge is 0.507 e. The van der Waals surface area contributed by atoms with E-state index in [0.29, 0.717) is 28.0 Å². The summed E-state index contributed by atoms with van der Waals surface area (Å²) >= 11 is 6.18. The number of hydrogen-bond donors (Lipinski definition) is 1. The zero-order valence-electron chi connectivity index (χ0n) is 29.4. The highest BCUT2D eigenvalue weighted by atomic mass is 35.5. The van der Waals surface area contributed by atoms with Crippen molar-refractivity contribution >= 4 is 23.0 Å². The molecule has 3 heteroatoms. The van der Waals surface area contributed by atoms with E-state index >= 15 is 0 Å². The smallest absolute Gasteiger partial charge is 0.163 e. The van der Waals surface area contributed by atoms with Crippen LogP contribution in [-0.4, -0.2) is 10.9 Å². The molecule has 0 aromatic heterocycles. The van der Waals surface area contributed by atoms with Crippen LogP contribution in [0.5, 0.6) is 5.75 Å². The average Bonchev–Trinajstić information content (AvgIpc) is 2.97. The van der Waals surface area contributed by atoms with Crippen LogP contribution in [0.1, 0.15) is 112 Å². The third-order valence-corrected chi connectivity index (χ3v) is 6.12. The summed E-state index contributed by atoms with van der Waals surface area (Å²) in [6.07, 6.45) is 13.5. The van der Waals surface area contributed by atoms with Gasteiger partial charge in [0.15, 0.2) is 5.78 Å². The van der Waals surface area contributed by atoms with Gasteiger partial charge in [-0.2, -0.15) is 0 Å². The van der Waals surface area contributed by atoms with Gasteiger partial charge in [0, 0.05) is 17.6 Å². The van der Waals surface area contributed by atoms with Crippen LogP contribution in [0.2, 0.25) is 5.02 Å². The summed E-state index contributed by atoms with van der Waals surface area (Å²) < 4.78 is 0. The van der Waals surface area contributed by atoms with Gasteiger partial charge in [-0.05, 0) is 63.3 Å². The lowest BCUT2D eigenvalue weighted by atomic mass is 9.89. The second-order valence-electron chi connectivity index (χ2n) is 10.7. The third kappa shape index (κ3) is 21.3. The van der Waals surface area contributed by atoms with Crippen molar-refractivity contribution in [2.45, 2.75) is 109 Å². The number of phenols is 1. The van der Waals surface area contributed by atoms with Crippen molar-refractivity contribution < 1.29 is 9.90 Å². The minimum atomic E-state index is -0.0870. The Balaban J connectivity index is -0.000000620. The van der Waals surface area contributed by atoms with Gasteiger partial charge in [0.2, 0.25) is 0 Å². The quantitative estimate of drug-likeness (QED) is 0.175. The summed E-state index contributed by atoms with van der Waals surface area (Å²) in [7, 11) is 0. The summed E-state index contributed by atoms with van der Waals surface area (Å²) in [5.41, 5.74) is 5.41. The maximum absolute atomic E-state index is 12.3. The van der Waals surface area contributed by atoms with Gasteiger partial charge < -0.3 is 5.11 Å². The molecule has 0 spiro atoms. The number of carbonyl (C=O) groups excluding carboxylic acids is 1. The van der Waals surface area contributed by atoms with Crippen molar-refractivity contribution in [1.29, 1.82) is 0 Å². The Bertz CT molecular complexity index is 1100. The highest BCUT2D eigenvalue weighted by Crippen LogP contribution is 2.34. The Kier molecular flexibility index (Phi) is 27.3. The van der Waals surface area contributed by atoms with Gasteiger partial charge in [-0.15, -0.1) is 6.58 Å². The average molecular weight is 609 g/mol. The highest BCUT2D eigenvalue weighted by Gasteiger charge is 2.18. The molecule has 2 rings (SSSR count). The Morgan fingerprint density at radius 1 is 0.977 bits per heavy atom. The molecule has 0 aliphatic carbocycles. The van der Waals surface area contributed by atoms with E-state index in [1.54, 1.807) is 25.1 Å². The maximum atomic E-state index is 12.3. The molecule has 0 aliphatic heterocycles. The topological polar surface area (TPSA) is 37.3 Å². The molecule has 2 nitrogen and oxygen atoms in total. The molecule has 43 heavy (non-hydrogen) atoms. The van der Waals surface area contributed by atoms with Gasteiger partial charge in [-0.3, -0.25) is 4.79 Å². The molecule has 0 atom stereocenters. The zero-order valence-corrected chi connectivity index (χ0v) is 30.2. The molecule has 0 aliphatic rings. The molecule has 0 saturated carbocycles. The van der Waals surface area contributed by atoms with E-state index < -0.39 is 0 Å². The Morgan fingerprint density at radius 3 is 1.79 bits per heavy atom. The van der Waals surface area contributed by atoms with Crippen molar-refractivity contribution in [2.24, 2.45) is 5.41 Å². The number of allylic oxidation sites excluding steroid dienone is 8. The van der Waals surface area contributed by atoms with Crippen LogP contribution >= 0.6 is 11.6 Å². The molecule has 2 aromatic rings. The molecular formula is C40H61ClO2. The van der Waals surface area contributed by atoms with Gasteiger partial charge in [0.1, 0.15) is 5.75 Å². The molecule has 0 saturated heterocycles. The van der Waals surface area contributed by atoms with Crippen LogP contribution in [0.4, 0.5) is 0 Å². The molecule has 0 heterocycles. The fraction of sp³-hybridized carbons (Fsp3) is 0.425. The Labute approximate surface area is 271 Å². The molecule has 0 fully saturated rings. The number of carbonyl (C=O) groups is 1. The molecule has 240 valence electrons. The van der Waals surface area contributed by atoms with E-state index in [1.807, 2.05) is 52.0 Å². The number of aromatic hydroxyl groups is 1. The lowest BCUT2D eigenvalue weighted by Gasteiger charge is -2.17. The molecular weight excluding hydrogens is 548 g/mol. The third-order valence-electron chi connectivity index (χ3n) is 5.81. The standard InChI is InChI=1S/C19H21ClO2.C8H10.C8H16.C3H8.C2H6/c1-5-7-9-14(13(3)4)12-15(17(21)6-2)19-16(20)10-8-11-18(19)22;1-7-3-5-8(2)6-4-7;1-5-7-8(3,4)6-2;1-3-2;1-2/h5,7-12,22H,3,6H2,1-2,4H3;3-6H,1-2H3;6H,2,5,7H2,1,3-4H3;3H2,1-2H3;1-2H3/b7-5-,14-9-,15-12+;;;;. The fourth-order valence-corrected chi connectivity index (χ4v) is 3.59. The van der Waals surface area contributed by atoms with E-state index in [0.717, 1.165) is 11.1 Å². The summed E-state index contributed by atoms with van der Waals surface area (Å²) in [4.78, 5) is 12.3. The van der Waals surface area contributed by atoms with E-state index in [-0.39, 0.29) is 11.5 Å². The number of rotatable bonds is 9. The van der Waals surface area contributed by atoms with Crippen molar-refractivity contribution in [3.63, 3.8) is 0 Å². The van der Waals surface area contributed by atoms with Crippen LogP contribution in [-0.2, 0) is 4.79 Å². The predicted molar refractivity (Wildman–Crippen MR) is 196 cm³/mol. The SMILES string of the molecule is C=C(C)C(=C\C=C/C)/C=C(\C(=O)CC)c1c(O)cccc1Cl.C=CC(C)(C)CCC.CC.CCC.Cc1ccc(C)cc1. The molecule has 0 unspecified atom stereocenters. The summed E-state index contributed by atoms with van der Waals surface area (Å²) in [5.74, 6) is -0.0938. The van der Waals surface area contributed by atoms with E-state index in [2.05, 4.69) is 85.9 Å². The highest BCUT2D eigenvalue weighted by molar-refractivity contribution is 6.35. The second kappa shape index (κ2) is 26.5. The number of Topliss-reactive ketones (excluding diaryl/α,β-unsaturated/α-hetero) is 1. The van der Waals surface area contributed by atoms with Crippen molar-refractivity contribution in [3.8, 4) is 5.75 Å². The van der Waals surface area contributed by atoms with Crippen molar-refractivity contribution in [3.05, 3.63) is 119 Å². The van der Waals surface area contributed by atoms with Gasteiger partial charge >= 0.3 is 0 Å². The van der Waals surface area contributed by atoms with Crippen LogP contribution in [0.3, 0.4) is 0 Å². The zero-order chi connectivity index (χ0) is 34.0. The number of benzene rings is 2. The summed E-state index contributed by atoms with van der Waals surface area (Å²) in [6, 6.07) is 13.3. The van der Waals surface area contributed by atoms with E-state index in [9.17, 15) is 9.90 Å². The minimum absolute atomic E-state index is 0.00681. The second-order valence-corrected chi connectivity index (χ2v) is 11.1. The first-order valence-corrected chi connectivity index (χ1v) is 16.0. The number of hydrogen-bond acceptors (Lipinski definition) is 2. The Morgan fingerprint density at radius 2 is 1.47 bits per heavy atom. The number of aryl methyl sites for hydroxylation is 2. The van der Waals surface area contributed by atoms with Gasteiger partial charge in [0.05, 0.1) is 5.02 Å². The number of phenolic OH excluding ortho intramolecular Hbond substituents is 1. The van der Waals surface area contributed by atoms with E-state index in [1.165, 1.54) is 36.5 Å². The van der Waals surface area contributed by atoms with Crippen LogP contribution < -0.4 is 0 Å². The van der Waals surface area contributed by atoms with E-state index in [4.69, 9.17) is 11.6 Å². The summed E-state index contributed by atoms with van der Waals surface area (Å²) in [5, 5.41) is 10.4. The first kappa shape index (κ1) is 44.3. The fourth-order valence-electron chi connectivity index (χ4n) is 3.31. The molecule has 0 radical (unpaired) electrons. The lowest BCUT2D eigenvalue weighted by Crippen LogP contribution is -2.04. The van der Waals surface area contributed by atoms with Crippen molar-refractivity contribution in [1.82, 2.24) is 0 Å². The van der Waals surface area contributed by atoms with Crippen molar-refractivity contribution in [2.75, 3.05) is 0 Å². The number of halogens is 1. The van der Waals surface area contributed by atoms with Crippen LogP contribution in [0, 0.1) is 19.3 Å². The number of ketones is 1. The summed E-state index contributed by atoms with van der Waals surface area (Å²) in [6.45, 7) is 32.3. The van der Waals surface area contributed by atoms with Crippen LogP contribution in [0.25, 0.3) is 5.57 Å². The van der Waals surface area contributed by atoms with Gasteiger partial charge in [0.25, 0.3) is 0 Å². The monoisotopic (exact) mass is 608 g/mol. The normalized spacial score (nSPS) is 10.9. The van der Waals surface area contributed by atoms with Gasteiger partial charge in [-0.25, -0.2) is 0 Å². The molecule has 0 amide bonds. The first-order chi connectivity index (χ1) is 20.2. The minimum Gasteiger partial charge on any atom is -0.507 e. The maximum Gasteiger partial charge on any atom is 0.163 e. The molecule has 1 N–H and O–H groups in total. The first-order valence-electron chi connectivity index (χ1n) is 15.6. The lowest BCUT2D eigenvalue weighted by molar-refractivity contribution is -0.113. The van der Waals surface area contributed by atoms with Crippen LogP contribution in [0.15, 0.2) is 97.1 Å². The molecule has 0 bridgehead atoms. The van der Waals surface area contributed by atoms with Gasteiger partial charge in [-0.1, -0.05) is 158 Å². The Hall–Kier alpha value is -3.10. The molecule has 2 aromatic carbocycles. The predicted octanol–water partition coefficient (Wildman–Crippen LogP) is 13.2.